The van der Waals surface area contributed by atoms with Crippen molar-refractivity contribution in [1.29, 1.82) is 0 Å². The maximum atomic E-state index is 6.15. The van der Waals surface area contributed by atoms with Crippen molar-refractivity contribution in [3.8, 4) is 5.75 Å². The van der Waals surface area contributed by atoms with Crippen molar-refractivity contribution in [2.45, 2.75) is 12.8 Å². The third-order valence-corrected chi connectivity index (χ3v) is 4.05. The van der Waals surface area contributed by atoms with E-state index in [0.717, 1.165) is 39.8 Å². The van der Waals surface area contributed by atoms with E-state index in [1.54, 1.807) is 0 Å². The fourth-order valence-corrected chi connectivity index (χ4v) is 2.88. The summed E-state index contributed by atoms with van der Waals surface area (Å²) in [5, 5.41) is 5.23. The normalized spacial score (nSPS) is 11.1. The van der Waals surface area contributed by atoms with Crippen molar-refractivity contribution in [1.82, 2.24) is 0 Å². The van der Waals surface area contributed by atoms with Gasteiger partial charge in [0, 0.05) is 21.7 Å². The minimum atomic E-state index is 0.669. The molecule has 0 aliphatic rings. The average molecular weight is 319 g/mol. The lowest BCUT2D eigenvalue weighted by molar-refractivity contribution is 0.317. The Labute approximate surface area is 134 Å². The largest absolute Gasteiger partial charge is 0.492 e. The molecule has 0 spiro atoms. The van der Waals surface area contributed by atoms with Crippen molar-refractivity contribution in [2.75, 3.05) is 12.5 Å². The van der Waals surface area contributed by atoms with Gasteiger partial charge in [-0.05, 0) is 41.8 Å². The highest BCUT2D eigenvalue weighted by molar-refractivity contribution is 6.31. The molecule has 21 heavy (non-hydrogen) atoms. The second-order valence-electron chi connectivity index (χ2n) is 5.04. The van der Waals surface area contributed by atoms with Crippen molar-refractivity contribution in [2.24, 2.45) is 0 Å². The van der Waals surface area contributed by atoms with Crippen LogP contribution >= 0.6 is 23.2 Å². The van der Waals surface area contributed by atoms with E-state index in [-0.39, 0.29) is 0 Å². The summed E-state index contributed by atoms with van der Waals surface area (Å²) in [5.74, 6) is 1.59. The van der Waals surface area contributed by atoms with Crippen LogP contribution in [0, 0.1) is 0 Å². The lowest BCUT2D eigenvalue weighted by atomic mass is 10.0. The fourth-order valence-electron chi connectivity index (χ4n) is 2.52. The summed E-state index contributed by atoms with van der Waals surface area (Å²) in [6.07, 6.45) is 1.92. The molecule has 0 heterocycles. The first-order valence-electron chi connectivity index (χ1n) is 7.09. The number of hydrogen-bond acceptors (Lipinski definition) is 1. The minimum Gasteiger partial charge on any atom is -0.492 e. The van der Waals surface area contributed by atoms with Gasteiger partial charge >= 0.3 is 0 Å². The van der Waals surface area contributed by atoms with Crippen LogP contribution in [0.25, 0.3) is 21.5 Å². The topological polar surface area (TPSA) is 9.23 Å². The molecule has 0 saturated carbocycles. The van der Waals surface area contributed by atoms with Crippen LogP contribution in [-0.2, 0) is 0 Å². The van der Waals surface area contributed by atoms with E-state index in [1.807, 2.05) is 30.3 Å². The Hall–Kier alpha value is -1.44. The van der Waals surface area contributed by atoms with Gasteiger partial charge in [0.15, 0.2) is 0 Å². The number of ether oxygens (including phenoxy) is 1. The average Bonchev–Trinajstić information content (AvgIpc) is 2.51. The molecule has 0 aliphatic heterocycles. The molecular formula is C18H16Cl2O. The van der Waals surface area contributed by atoms with Crippen LogP contribution in [-0.4, -0.2) is 12.5 Å². The molecule has 0 radical (unpaired) electrons. The Bertz CT molecular complexity index is 768. The molecule has 0 atom stereocenters. The molecule has 0 bridgehead atoms. The van der Waals surface area contributed by atoms with Crippen LogP contribution in [0.15, 0.2) is 48.5 Å². The van der Waals surface area contributed by atoms with Gasteiger partial charge in [0.05, 0.1) is 6.61 Å². The third-order valence-electron chi connectivity index (χ3n) is 3.55. The Kier molecular flexibility index (Phi) is 4.52. The predicted molar refractivity (Wildman–Crippen MR) is 91.9 cm³/mol. The van der Waals surface area contributed by atoms with E-state index in [0.29, 0.717) is 12.5 Å². The zero-order chi connectivity index (χ0) is 14.7. The molecule has 0 aliphatic carbocycles. The smallest absolute Gasteiger partial charge is 0.134 e. The molecule has 0 unspecified atom stereocenters. The zero-order valence-electron chi connectivity index (χ0n) is 11.6. The summed E-state index contributed by atoms with van der Waals surface area (Å²) < 4.78 is 6.07. The first kappa shape index (κ1) is 14.5. The monoisotopic (exact) mass is 318 g/mol. The van der Waals surface area contributed by atoms with E-state index in [1.165, 1.54) is 5.39 Å². The Morgan fingerprint density at radius 3 is 2.52 bits per heavy atom. The van der Waals surface area contributed by atoms with Gasteiger partial charge in [-0.3, -0.25) is 0 Å². The number of alkyl halides is 1. The van der Waals surface area contributed by atoms with Crippen LogP contribution < -0.4 is 4.74 Å². The molecule has 3 aromatic rings. The van der Waals surface area contributed by atoms with Crippen LogP contribution in [0.4, 0.5) is 0 Å². The van der Waals surface area contributed by atoms with Crippen molar-refractivity contribution >= 4 is 44.7 Å². The molecule has 0 saturated heterocycles. The fraction of sp³-hybridized carbons (Fsp3) is 0.222. The Morgan fingerprint density at radius 1 is 0.857 bits per heavy atom. The number of halogens is 2. The van der Waals surface area contributed by atoms with E-state index < -0.39 is 0 Å². The molecule has 3 aromatic carbocycles. The number of unbranched alkanes of at least 4 members (excludes halogenated alkanes) is 1. The van der Waals surface area contributed by atoms with Crippen LogP contribution in [0.3, 0.4) is 0 Å². The Balaban J connectivity index is 2.12. The van der Waals surface area contributed by atoms with Gasteiger partial charge in [0.2, 0.25) is 0 Å². The summed E-state index contributed by atoms with van der Waals surface area (Å²) in [6.45, 7) is 0.669. The third kappa shape index (κ3) is 3.09. The SMILES string of the molecule is ClCCCCOc1c2ccccc2cc2ccc(Cl)cc12. The van der Waals surface area contributed by atoms with Crippen molar-refractivity contribution < 1.29 is 4.74 Å². The summed E-state index contributed by atoms with van der Waals surface area (Å²) in [6, 6.07) is 16.4. The number of fused-ring (bicyclic) bond motifs is 2. The highest BCUT2D eigenvalue weighted by Crippen LogP contribution is 2.36. The minimum absolute atomic E-state index is 0.669. The molecule has 3 rings (SSSR count). The van der Waals surface area contributed by atoms with Gasteiger partial charge in [0.1, 0.15) is 5.75 Å². The second kappa shape index (κ2) is 6.55. The zero-order valence-corrected chi connectivity index (χ0v) is 13.1. The van der Waals surface area contributed by atoms with E-state index in [9.17, 15) is 0 Å². The van der Waals surface area contributed by atoms with Gasteiger partial charge in [-0.15, -0.1) is 11.6 Å². The first-order valence-corrected chi connectivity index (χ1v) is 8.00. The second-order valence-corrected chi connectivity index (χ2v) is 5.85. The molecule has 3 heteroatoms. The number of rotatable bonds is 5. The molecule has 0 amide bonds. The summed E-state index contributed by atoms with van der Waals surface area (Å²) >= 11 is 11.9. The van der Waals surface area contributed by atoms with E-state index in [4.69, 9.17) is 27.9 Å². The van der Waals surface area contributed by atoms with E-state index >= 15 is 0 Å². The summed E-state index contributed by atoms with van der Waals surface area (Å²) in [4.78, 5) is 0. The highest BCUT2D eigenvalue weighted by Gasteiger charge is 2.09. The highest BCUT2D eigenvalue weighted by atomic mass is 35.5. The van der Waals surface area contributed by atoms with Crippen molar-refractivity contribution in [3.63, 3.8) is 0 Å². The molecule has 0 N–H and O–H groups in total. The Morgan fingerprint density at radius 2 is 1.67 bits per heavy atom. The van der Waals surface area contributed by atoms with Crippen LogP contribution in [0.2, 0.25) is 5.02 Å². The van der Waals surface area contributed by atoms with Gasteiger partial charge in [-0.25, -0.2) is 0 Å². The standard InChI is InChI=1S/C18H16Cl2O/c19-9-3-4-10-21-18-16-6-2-1-5-13(16)11-14-7-8-15(20)12-17(14)18/h1-2,5-8,11-12H,3-4,9-10H2. The van der Waals surface area contributed by atoms with E-state index in [2.05, 4.69) is 18.2 Å². The lowest BCUT2D eigenvalue weighted by Crippen LogP contribution is -1.99. The van der Waals surface area contributed by atoms with Crippen LogP contribution in [0.1, 0.15) is 12.8 Å². The van der Waals surface area contributed by atoms with Gasteiger partial charge in [-0.2, -0.15) is 0 Å². The molecule has 0 aromatic heterocycles. The molecule has 1 nitrogen and oxygen atoms in total. The number of benzene rings is 3. The maximum Gasteiger partial charge on any atom is 0.134 e. The number of hydrogen-bond donors (Lipinski definition) is 0. The molecular weight excluding hydrogens is 303 g/mol. The van der Waals surface area contributed by atoms with Gasteiger partial charge < -0.3 is 4.74 Å². The maximum absolute atomic E-state index is 6.15. The van der Waals surface area contributed by atoms with Crippen LogP contribution in [0.5, 0.6) is 5.75 Å². The molecule has 0 fully saturated rings. The quantitative estimate of drug-likeness (QED) is 0.316. The van der Waals surface area contributed by atoms with Crippen molar-refractivity contribution in [3.05, 3.63) is 53.6 Å². The van der Waals surface area contributed by atoms with Gasteiger partial charge in [-0.1, -0.05) is 41.9 Å². The molecule has 108 valence electrons. The first-order chi connectivity index (χ1) is 10.3. The summed E-state index contributed by atoms with van der Waals surface area (Å²) in [7, 11) is 0. The van der Waals surface area contributed by atoms with Gasteiger partial charge in [0.25, 0.3) is 0 Å². The lowest BCUT2D eigenvalue weighted by Gasteiger charge is -2.13. The summed E-state index contributed by atoms with van der Waals surface area (Å²) in [5.41, 5.74) is 0. The predicted octanol–water partition coefficient (Wildman–Crippen LogP) is 6.04.